The van der Waals surface area contributed by atoms with Crippen molar-refractivity contribution in [3.8, 4) is 11.5 Å². The van der Waals surface area contributed by atoms with E-state index in [2.05, 4.69) is 0 Å². The molecule has 0 bridgehead atoms. The van der Waals surface area contributed by atoms with Crippen molar-refractivity contribution < 1.29 is 14.3 Å². The molecule has 6 heteroatoms. The Morgan fingerprint density at radius 3 is 2.35 bits per heavy atom. The number of pyridine rings is 1. The minimum absolute atomic E-state index is 0.0889. The number of benzene rings is 3. The van der Waals surface area contributed by atoms with Gasteiger partial charge in [-0.3, -0.25) is 9.59 Å². The van der Waals surface area contributed by atoms with Crippen molar-refractivity contribution in [2.75, 3.05) is 14.2 Å². The Labute approximate surface area is 184 Å². The summed E-state index contributed by atoms with van der Waals surface area (Å²) in [7, 11) is 3.15. The standard InChI is InChI=1S/C25H20ClNO4/c1-30-19-5-3-4-16(12-19)14-27-15-22(24(28)17-6-8-18(26)9-7-17)25(29)21-13-20(31-2)10-11-23(21)27/h3-13,15H,14H2,1-2H3. The molecule has 3 aromatic carbocycles. The summed E-state index contributed by atoms with van der Waals surface area (Å²) in [6.45, 7) is 0.460. The van der Waals surface area contributed by atoms with Crippen LogP contribution >= 0.6 is 11.6 Å². The average molecular weight is 434 g/mol. The fourth-order valence-corrected chi connectivity index (χ4v) is 3.65. The maximum absolute atomic E-state index is 13.2. The molecule has 1 aromatic heterocycles. The van der Waals surface area contributed by atoms with Crippen molar-refractivity contribution >= 4 is 28.3 Å². The third kappa shape index (κ3) is 4.18. The fraction of sp³-hybridized carbons (Fsp3) is 0.120. The van der Waals surface area contributed by atoms with Crippen LogP contribution < -0.4 is 14.9 Å². The first-order chi connectivity index (χ1) is 15.0. The molecule has 0 saturated heterocycles. The summed E-state index contributed by atoms with van der Waals surface area (Å²) in [5, 5.41) is 0.942. The highest BCUT2D eigenvalue weighted by molar-refractivity contribution is 6.30. The van der Waals surface area contributed by atoms with Crippen LogP contribution in [0.25, 0.3) is 10.9 Å². The van der Waals surface area contributed by atoms with E-state index in [0.717, 1.165) is 11.3 Å². The van der Waals surface area contributed by atoms with Crippen LogP contribution in [0, 0.1) is 0 Å². The van der Waals surface area contributed by atoms with Gasteiger partial charge in [0.25, 0.3) is 0 Å². The lowest BCUT2D eigenvalue weighted by atomic mass is 10.0. The monoisotopic (exact) mass is 433 g/mol. The third-order valence-electron chi connectivity index (χ3n) is 5.13. The van der Waals surface area contributed by atoms with Crippen molar-refractivity contribution in [1.29, 1.82) is 0 Å². The van der Waals surface area contributed by atoms with Gasteiger partial charge in [-0.2, -0.15) is 0 Å². The highest BCUT2D eigenvalue weighted by Gasteiger charge is 2.18. The number of rotatable bonds is 6. The van der Waals surface area contributed by atoms with Crippen LogP contribution in [0.15, 0.2) is 77.7 Å². The van der Waals surface area contributed by atoms with E-state index in [0.29, 0.717) is 33.8 Å². The minimum Gasteiger partial charge on any atom is -0.497 e. The predicted octanol–water partition coefficient (Wildman–Crippen LogP) is 4.95. The molecular weight excluding hydrogens is 414 g/mol. The molecule has 0 aliphatic carbocycles. The van der Waals surface area contributed by atoms with Gasteiger partial charge in [-0.05, 0) is 60.2 Å². The number of methoxy groups -OCH3 is 2. The number of fused-ring (bicyclic) bond motifs is 1. The number of hydrogen-bond acceptors (Lipinski definition) is 4. The van der Waals surface area contributed by atoms with Gasteiger partial charge in [0.05, 0.1) is 30.7 Å². The Hall–Kier alpha value is -3.57. The quantitative estimate of drug-likeness (QED) is 0.404. The molecule has 0 radical (unpaired) electrons. The smallest absolute Gasteiger partial charge is 0.200 e. The van der Waals surface area contributed by atoms with Crippen molar-refractivity contribution in [2.45, 2.75) is 6.54 Å². The molecule has 0 amide bonds. The second-order valence-electron chi connectivity index (χ2n) is 7.07. The number of hydrogen-bond donors (Lipinski definition) is 0. The minimum atomic E-state index is -0.356. The normalized spacial score (nSPS) is 10.8. The number of carbonyl (C=O) groups is 1. The van der Waals surface area contributed by atoms with E-state index in [1.54, 1.807) is 56.8 Å². The molecule has 4 aromatic rings. The molecule has 0 fully saturated rings. The first-order valence-corrected chi connectivity index (χ1v) is 10.0. The van der Waals surface area contributed by atoms with Gasteiger partial charge in [0, 0.05) is 23.3 Å². The number of ketones is 1. The Bertz CT molecular complexity index is 1330. The summed E-state index contributed by atoms with van der Waals surface area (Å²) in [5.74, 6) is 0.932. The van der Waals surface area contributed by atoms with E-state index in [1.165, 1.54) is 0 Å². The number of aromatic nitrogens is 1. The van der Waals surface area contributed by atoms with Crippen LogP contribution in [0.5, 0.6) is 11.5 Å². The number of halogens is 1. The summed E-state index contributed by atoms with van der Waals surface area (Å²) < 4.78 is 12.5. The molecule has 0 unspecified atom stereocenters. The average Bonchev–Trinajstić information content (AvgIpc) is 2.80. The fourth-order valence-electron chi connectivity index (χ4n) is 3.52. The highest BCUT2D eigenvalue weighted by Crippen LogP contribution is 2.22. The SMILES string of the molecule is COc1cccc(Cn2cc(C(=O)c3ccc(Cl)cc3)c(=O)c3cc(OC)ccc32)c1. The summed E-state index contributed by atoms with van der Waals surface area (Å²) >= 11 is 5.94. The summed E-state index contributed by atoms with van der Waals surface area (Å²) in [6.07, 6.45) is 1.62. The van der Waals surface area contributed by atoms with Crippen LogP contribution in [-0.2, 0) is 6.54 Å². The molecule has 0 saturated carbocycles. The van der Waals surface area contributed by atoms with E-state index in [9.17, 15) is 9.59 Å². The molecule has 0 atom stereocenters. The lowest BCUT2D eigenvalue weighted by Crippen LogP contribution is -2.20. The van der Waals surface area contributed by atoms with Gasteiger partial charge in [-0.15, -0.1) is 0 Å². The summed E-state index contributed by atoms with van der Waals surface area (Å²) in [5.41, 5.74) is 1.84. The first-order valence-electron chi connectivity index (χ1n) is 9.64. The van der Waals surface area contributed by atoms with Crippen LogP contribution in [0.3, 0.4) is 0 Å². The highest BCUT2D eigenvalue weighted by atomic mass is 35.5. The Kier molecular flexibility index (Phi) is 5.78. The van der Waals surface area contributed by atoms with Gasteiger partial charge in [-0.1, -0.05) is 23.7 Å². The van der Waals surface area contributed by atoms with Crippen LogP contribution in [-0.4, -0.2) is 24.6 Å². The van der Waals surface area contributed by atoms with Gasteiger partial charge in [0.2, 0.25) is 5.43 Å². The van der Waals surface area contributed by atoms with Gasteiger partial charge >= 0.3 is 0 Å². The van der Waals surface area contributed by atoms with Crippen LogP contribution in [0.4, 0.5) is 0 Å². The maximum atomic E-state index is 13.2. The van der Waals surface area contributed by atoms with Gasteiger partial charge in [0.15, 0.2) is 5.78 Å². The maximum Gasteiger partial charge on any atom is 0.200 e. The molecule has 156 valence electrons. The molecule has 0 N–H and O–H groups in total. The zero-order valence-corrected chi connectivity index (χ0v) is 17.8. The second kappa shape index (κ2) is 8.66. The van der Waals surface area contributed by atoms with Crippen molar-refractivity contribution in [2.24, 2.45) is 0 Å². The largest absolute Gasteiger partial charge is 0.497 e. The van der Waals surface area contributed by atoms with Crippen molar-refractivity contribution in [1.82, 2.24) is 4.57 Å². The molecule has 1 heterocycles. The molecule has 4 rings (SSSR count). The topological polar surface area (TPSA) is 57.5 Å². The molecule has 0 aliphatic heterocycles. The van der Waals surface area contributed by atoms with Crippen molar-refractivity contribution in [3.05, 3.63) is 105 Å². The summed E-state index contributed by atoms with van der Waals surface area (Å²) in [6, 6.07) is 19.5. The predicted molar refractivity (Wildman–Crippen MR) is 122 cm³/mol. The Balaban J connectivity index is 1.89. The van der Waals surface area contributed by atoms with E-state index < -0.39 is 0 Å². The number of nitrogens with zero attached hydrogens (tertiary/aromatic N) is 1. The van der Waals surface area contributed by atoms with Crippen LogP contribution in [0.2, 0.25) is 5.02 Å². The third-order valence-corrected chi connectivity index (χ3v) is 5.38. The number of ether oxygens (including phenoxy) is 2. The van der Waals surface area contributed by atoms with Gasteiger partial charge < -0.3 is 14.0 Å². The van der Waals surface area contributed by atoms with Gasteiger partial charge in [-0.25, -0.2) is 0 Å². The lowest BCUT2D eigenvalue weighted by Gasteiger charge is -2.15. The molecule has 31 heavy (non-hydrogen) atoms. The van der Waals surface area contributed by atoms with E-state index >= 15 is 0 Å². The summed E-state index contributed by atoms with van der Waals surface area (Å²) in [4.78, 5) is 26.4. The Morgan fingerprint density at radius 1 is 0.935 bits per heavy atom. The molecule has 0 aliphatic rings. The molecular formula is C25H20ClNO4. The second-order valence-corrected chi connectivity index (χ2v) is 7.51. The van der Waals surface area contributed by atoms with Crippen LogP contribution in [0.1, 0.15) is 21.5 Å². The van der Waals surface area contributed by atoms with E-state index in [-0.39, 0.29) is 16.8 Å². The first kappa shape index (κ1) is 20.7. The zero-order valence-electron chi connectivity index (χ0n) is 17.1. The van der Waals surface area contributed by atoms with E-state index in [1.807, 2.05) is 34.9 Å². The van der Waals surface area contributed by atoms with Gasteiger partial charge in [0.1, 0.15) is 11.5 Å². The Morgan fingerprint density at radius 2 is 1.65 bits per heavy atom. The number of carbonyl (C=O) groups excluding carboxylic acids is 1. The lowest BCUT2D eigenvalue weighted by molar-refractivity contribution is 0.103. The molecule has 5 nitrogen and oxygen atoms in total. The van der Waals surface area contributed by atoms with Crippen molar-refractivity contribution in [3.63, 3.8) is 0 Å². The molecule has 0 spiro atoms. The van der Waals surface area contributed by atoms with E-state index in [4.69, 9.17) is 21.1 Å². The zero-order chi connectivity index (χ0) is 22.0.